The fourth-order valence-corrected chi connectivity index (χ4v) is 2.80. The Labute approximate surface area is 83.4 Å². The second kappa shape index (κ2) is 3.39. The molecule has 2 heterocycles. The Morgan fingerprint density at radius 3 is 2.77 bits per heavy atom. The van der Waals surface area contributed by atoms with Crippen molar-refractivity contribution in [2.75, 3.05) is 13.1 Å². The predicted octanol–water partition coefficient (Wildman–Crippen LogP) is 1.99. The third-order valence-electron chi connectivity index (χ3n) is 2.97. The standard InChI is InChI=1S/C10H16N2S/c1-3-10(6-11-7-10)4-9-5-12-8(2)13-9/h5,11H,3-4,6-7H2,1-2H3. The average molecular weight is 196 g/mol. The monoisotopic (exact) mass is 196 g/mol. The van der Waals surface area contributed by atoms with Crippen LogP contribution in [0.2, 0.25) is 0 Å². The highest BCUT2D eigenvalue weighted by Gasteiger charge is 2.35. The summed E-state index contributed by atoms with van der Waals surface area (Å²) in [5.74, 6) is 0. The maximum atomic E-state index is 4.29. The van der Waals surface area contributed by atoms with Gasteiger partial charge in [0.15, 0.2) is 0 Å². The maximum Gasteiger partial charge on any atom is 0.0896 e. The Morgan fingerprint density at radius 2 is 2.38 bits per heavy atom. The summed E-state index contributed by atoms with van der Waals surface area (Å²) < 4.78 is 0. The highest BCUT2D eigenvalue weighted by molar-refractivity contribution is 7.11. The van der Waals surface area contributed by atoms with Crippen molar-refractivity contribution in [3.63, 3.8) is 0 Å². The molecule has 0 saturated carbocycles. The molecule has 0 spiro atoms. The molecule has 72 valence electrons. The average Bonchev–Trinajstić information content (AvgIpc) is 2.44. The molecular weight excluding hydrogens is 180 g/mol. The summed E-state index contributed by atoms with van der Waals surface area (Å²) in [6, 6.07) is 0. The lowest BCUT2D eigenvalue weighted by Gasteiger charge is -2.41. The highest BCUT2D eigenvalue weighted by atomic mass is 32.1. The van der Waals surface area contributed by atoms with Crippen molar-refractivity contribution in [3.05, 3.63) is 16.1 Å². The third kappa shape index (κ3) is 1.76. The summed E-state index contributed by atoms with van der Waals surface area (Å²) in [5.41, 5.74) is 0.541. The van der Waals surface area contributed by atoms with Gasteiger partial charge in [0.1, 0.15) is 0 Å². The first-order valence-electron chi connectivity index (χ1n) is 4.86. The molecule has 0 aromatic carbocycles. The zero-order valence-corrected chi connectivity index (χ0v) is 9.08. The molecule has 0 radical (unpaired) electrons. The van der Waals surface area contributed by atoms with Crippen LogP contribution in [0.4, 0.5) is 0 Å². The molecule has 2 rings (SSSR count). The number of nitrogens with one attached hydrogen (secondary N) is 1. The minimum atomic E-state index is 0.541. The molecule has 0 amide bonds. The van der Waals surface area contributed by atoms with E-state index in [0.717, 1.165) is 0 Å². The number of aryl methyl sites for hydroxylation is 1. The predicted molar refractivity (Wildman–Crippen MR) is 56.1 cm³/mol. The lowest BCUT2D eigenvalue weighted by Crippen LogP contribution is -2.54. The van der Waals surface area contributed by atoms with Crippen molar-refractivity contribution in [1.29, 1.82) is 0 Å². The van der Waals surface area contributed by atoms with Crippen LogP contribution in [0.15, 0.2) is 6.20 Å². The lowest BCUT2D eigenvalue weighted by atomic mass is 9.76. The van der Waals surface area contributed by atoms with Crippen LogP contribution in [0.5, 0.6) is 0 Å². The topological polar surface area (TPSA) is 24.9 Å². The SMILES string of the molecule is CCC1(Cc2cnc(C)s2)CNC1. The molecule has 1 fully saturated rings. The van der Waals surface area contributed by atoms with Gasteiger partial charge in [0.25, 0.3) is 0 Å². The molecule has 3 heteroatoms. The molecular formula is C10H16N2S. The summed E-state index contributed by atoms with van der Waals surface area (Å²) >= 11 is 1.84. The van der Waals surface area contributed by atoms with Crippen molar-refractivity contribution < 1.29 is 0 Å². The maximum absolute atomic E-state index is 4.29. The first-order valence-corrected chi connectivity index (χ1v) is 5.68. The fourth-order valence-electron chi connectivity index (χ4n) is 1.84. The van der Waals surface area contributed by atoms with Gasteiger partial charge in [-0.3, -0.25) is 0 Å². The van der Waals surface area contributed by atoms with Gasteiger partial charge in [0.05, 0.1) is 5.01 Å². The molecule has 1 saturated heterocycles. The molecule has 1 N–H and O–H groups in total. The van der Waals surface area contributed by atoms with Crippen molar-refractivity contribution in [2.45, 2.75) is 26.7 Å². The normalized spacial score (nSPS) is 19.8. The molecule has 0 bridgehead atoms. The molecule has 1 aliphatic heterocycles. The van der Waals surface area contributed by atoms with Crippen LogP contribution in [0.25, 0.3) is 0 Å². The fraction of sp³-hybridized carbons (Fsp3) is 0.700. The number of aromatic nitrogens is 1. The van der Waals surface area contributed by atoms with Crippen LogP contribution in [0, 0.1) is 12.3 Å². The zero-order chi connectivity index (χ0) is 9.31. The summed E-state index contributed by atoms with van der Waals surface area (Å²) in [5, 5.41) is 4.55. The van der Waals surface area contributed by atoms with Gasteiger partial charge in [0, 0.05) is 24.2 Å². The zero-order valence-electron chi connectivity index (χ0n) is 8.26. The van der Waals surface area contributed by atoms with Gasteiger partial charge in [-0.25, -0.2) is 4.98 Å². The Balaban J connectivity index is 2.04. The smallest absolute Gasteiger partial charge is 0.0896 e. The van der Waals surface area contributed by atoms with Gasteiger partial charge in [-0.2, -0.15) is 0 Å². The van der Waals surface area contributed by atoms with Gasteiger partial charge < -0.3 is 5.32 Å². The van der Waals surface area contributed by atoms with E-state index in [0.29, 0.717) is 5.41 Å². The van der Waals surface area contributed by atoms with E-state index < -0.39 is 0 Å². The Hall–Kier alpha value is -0.410. The van der Waals surface area contributed by atoms with Gasteiger partial charge in [-0.1, -0.05) is 6.92 Å². The summed E-state index contributed by atoms with van der Waals surface area (Å²) in [4.78, 5) is 5.74. The Morgan fingerprint density at radius 1 is 1.62 bits per heavy atom. The molecule has 0 unspecified atom stereocenters. The van der Waals surface area contributed by atoms with E-state index in [4.69, 9.17) is 0 Å². The quantitative estimate of drug-likeness (QED) is 0.799. The lowest BCUT2D eigenvalue weighted by molar-refractivity contribution is 0.161. The van der Waals surface area contributed by atoms with Gasteiger partial charge >= 0.3 is 0 Å². The minimum absolute atomic E-state index is 0.541. The molecule has 13 heavy (non-hydrogen) atoms. The van der Waals surface area contributed by atoms with Crippen LogP contribution < -0.4 is 5.32 Å². The molecule has 1 aromatic rings. The first kappa shape index (κ1) is 9.16. The molecule has 2 nitrogen and oxygen atoms in total. The highest BCUT2D eigenvalue weighted by Crippen LogP contribution is 2.32. The Kier molecular flexibility index (Phi) is 2.39. The van der Waals surface area contributed by atoms with E-state index >= 15 is 0 Å². The number of hydrogen-bond donors (Lipinski definition) is 1. The van der Waals surface area contributed by atoms with E-state index in [1.165, 1.54) is 35.8 Å². The van der Waals surface area contributed by atoms with Gasteiger partial charge in [-0.05, 0) is 25.2 Å². The summed E-state index contributed by atoms with van der Waals surface area (Å²) in [7, 11) is 0. The molecule has 1 aromatic heterocycles. The van der Waals surface area contributed by atoms with E-state index in [1.54, 1.807) is 0 Å². The van der Waals surface area contributed by atoms with E-state index in [-0.39, 0.29) is 0 Å². The first-order chi connectivity index (χ1) is 6.24. The number of rotatable bonds is 3. The van der Waals surface area contributed by atoms with Gasteiger partial charge in [-0.15, -0.1) is 11.3 Å². The van der Waals surface area contributed by atoms with E-state index in [9.17, 15) is 0 Å². The molecule has 0 atom stereocenters. The Bertz CT molecular complexity index is 283. The van der Waals surface area contributed by atoms with Crippen LogP contribution in [0.3, 0.4) is 0 Å². The van der Waals surface area contributed by atoms with Crippen molar-refractivity contribution in [2.24, 2.45) is 5.41 Å². The third-order valence-corrected chi connectivity index (χ3v) is 3.88. The van der Waals surface area contributed by atoms with Crippen LogP contribution in [-0.2, 0) is 6.42 Å². The molecule has 0 aliphatic carbocycles. The largest absolute Gasteiger partial charge is 0.316 e. The second-order valence-electron chi connectivity index (χ2n) is 3.98. The number of hydrogen-bond acceptors (Lipinski definition) is 3. The summed E-state index contributed by atoms with van der Waals surface area (Å²) in [6.45, 7) is 6.72. The van der Waals surface area contributed by atoms with Crippen molar-refractivity contribution in [1.82, 2.24) is 10.3 Å². The minimum Gasteiger partial charge on any atom is -0.316 e. The van der Waals surface area contributed by atoms with Gasteiger partial charge in [0.2, 0.25) is 0 Å². The molecule has 1 aliphatic rings. The van der Waals surface area contributed by atoms with E-state index in [2.05, 4.69) is 24.1 Å². The van der Waals surface area contributed by atoms with Crippen molar-refractivity contribution >= 4 is 11.3 Å². The van der Waals surface area contributed by atoms with E-state index in [1.807, 2.05) is 17.5 Å². The van der Waals surface area contributed by atoms with Crippen LogP contribution in [-0.4, -0.2) is 18.1 Å². The second-order valence-corrected chi connectivity index (χ2v) is 5.30. The number of nitrogens with zero attached hydrogens (tertiary/aromatic N) is 1. The van der Waals surface area contributed by atoms with Crippen LogP contribution >= 0.6 is 11.3 Å². The van der Waals surface area contributed by atoms with Crippen molar-refractivity contribution in [3.8, 4) is 0 Å². The summed E-state index contributed by atoms with van der Waals surface area (Å²) in [6.07, 6.45) is 4.52. The number of thiazole rings is 1. The van der Waals surface area contributed by atoms with Crippen LogP contribution in [0.1, 0.15) is 23.2 Å².